The van der Waals surface area contributed by atoms with E-state index in [-0.39, 0.29) is 11.0 Å². The van der Waals surface area contributed by atoms with Crippen LogP contribution in [0, 0.1) is 0 Å². The monoisotopic (exact) mass is 394 g/mol. The highest BCUT2D eigenvalue weighted by atomic mass is 32.2. The zero-order valence-electron chi connectivity index (χ0n) is 17.1. The van der Waals surface area contributed by atoms with Crippen molar-refractivity contribution in [1.29, 1.82) is 0 Å². The lowest BCUT2D eigenvalue weighted by Crippen LogP contribution is -2.40. The summed E-state index contributed by atoms with van der Waals surface area (Å²) in [5, 5.41) is 0.852. The molecule has 1 fully saturated rings. The predicted molar refractivity (Wildman–Crippen MR) is 118 cm³/mol. The van der Waals surface area contributed by atoms with E-state index in [0.717, 1.165) is 72.0 Å². The topological polar surface area (TPSA) is 34.9 Å². The van der Waals surface area contributed by atoms with Crippen LogP contribution in [0.4, 0.5) is 0 Å². The molecule has 0 N–H and O–H groups in total. The third-order valence-corrected chi connectivity index (χ3v) is 7.42. The molecule has 0 atom stereocenters. The van der Waals surface area contributed by atoms with Gasteiger partial charge in [-0.25, -0.2) is 4.98 Å². The second-order valence-electron chi connectivity index (χ2n) is 8.50. The van der Waals surface area contributed by atoms with Crippen LogP contribution in [-0.4, -0.2) is 15.3 Å². The van der Waals surface area contributed by atoms with Gasteiger partial charge in [-0.05, 0) is 38.2 Å². The van der Waals surface area contributed by atoms with Crippen LogP contribution in [0.1, 0.15) is 63.5 Å². The van der Waals surface area contributed by atoms with Gasteiger partial charge in [-0.1, -0.05) is 74.4 Å². The zero-order valence-corrected chi connectivity index (χ0v) is 17.9. The van der Waals surface area contributed by atoms with E-state index in [9.17, 15) is 4.79 Å². The molecule has 0 saturated heterocycles. The van der Waals surface area contributed by atoms with Crippen LogP contribution in [0.5, 0.6) is 0 Å². The fourth-order valence-corrected chi connectivity index (χ4v) is 5.72. The lowest BCUT2D eigenvalue weighted by atomic mass is 9.68. The number of hydrogen-bond donors (Lipinski definition) is 0. The lowest BCUT2D eigenvalue weighted by Gasteiger charge is -2.36. The highest BCUT2D eigenvalue weighted by Crippen LogP contribution is 2.49. The van der Waals surface area contributed by atoms with Crippen molar-refractivity contribution < 1.29 is 0 Å². The van der Waals surface area contributed by atoms with Crippen LogP contribution in [0.25, 0.3) is 11.3 Å². The molecule has 1 aromatic heterocycles. The molecule has 1 saturated carbocycles. The number of aromatic nitrogens is 2. The summed E-state index contributed by atoms with van der Waals surface area (Å²) in [6.07, 6.45) is 7.70. The van der Waals surface area contributed by atoms with E-state index in [4.69, 9.17) is 4.98 Å². The predicted octanol–water partition coefficient (Wildman–Crippen LogP) is 5.75. The number of hydrogen-bond acceptors (Lipinski definition) is 3. The van der Waals surface area contributed by atoms with Gasteiger partial charge in [0.1, 0.15) is 0 Å². The molecule has 0 aliphatic heterocycles. The minimum absolute atomic E-state index is 0.0146. The Morgan fingerprint density at radius 1 is 1.29 bits per heavy atom. The van der Waals surface area contributed by atoms with Crippen molar-refractivity contribution in [2.75, 3.05) is 5.75 Å². The normalized spacial score (nSPS) is 16.8. The third-order valence-electron chi connectivity index (χ3n) is 6.21. The van der Waals surface area contributed by atoms with E-state index in [1.54, 1.807) is 11.8 Å². The molecule has 2 aliphatic carbocycles. The molecule has 1 spiro atoms. The van der Waals surface area contributed by atoms with Crippen LogP contribution >= 0.6 is 11.8 Å². The van der Waals surface area contributed by atoms with Gasteiger partial charge in [0.15, 0.2) is 5.16 Å². The zero-order chi connectivity index (χ0) is 19.7. The van der Waals surface area contributed by atoms with Gasteiger partial charge in [0.05, 0.1) is 11.3 Å². The van der Waals surface area contributed by atoms with E-state index in [2.05, 4.69) is 37.8 Å². The Morgan fingerprint density at radius 2 is 2.04 bits per heavy atom. The first-order valence-electron chi connectivity index (χ1n) is 10.6. The van der Waals surface area contributed by atoms with Crippen LogP contribution in [-0.2, 0) is 18.4 Å². The molecule has 1 aromatic carbocycles. The average molecular weight is 395 g/mol. The molecule has 28 heavy (non-hydrogen) atoms. The van der Waals surface area contributed by atoms with Crippen molar-refractivity contribution in [3.8, 4) is 11.3 Å². The highest BCUT2D eigenvalue weighted by Gasteiger charge is 2.44. The van der Waals surface area contributed by atoms with Gasteiger partial charge in [-0.3, -0.25) is 9.36 Å². The van der Waals surface area contributed by atoms with Crippen molar-refractivity contribution in [2.24, 2.45) is 0 Å². The minimum Gasteiger partial charge on any atom is -0.287 e. The van der Waals surface area contributed by atoms with Gasteiger partial charge in [0.2, 0.25) is 0 Å². The summed E-state index contributed by atoms with van der Waals surface area (Å²) in [6.45, 7) is 8.99. The Kier molecular flexibility index (Phi) is 5.50. The molecule has 2 aromatic rings. The molecule has 0 amide bonds. The molecule has 0 bridgehead atoms. The fraction of sp³-hybridized carbons (Fsp3) is 0.500. The summed E-state index contributed by atoms with van der Waals surface area (Å²) in [7, 11) is 0. The van der Waals surface area contributed by atoms with Crippen LogP contribution in [0.15, 0.2) is 46.4 Å². The van der Waals surface area contributed by atoms with E-state index >= 15 is 0 Å². The smallest absolute Gasteiger partial charge is 0.258 e. The quantitative estimate of drug-likeness (QED) is 0.356. The Hall–Kier alpha value is -1.81. The molecule has 0 unspecified atom stereocenters. The summed E-state index contributed by atoms with van der Waals surface area (Å²) in [5.41, 5.74) is 5.76. The first kappa shape index (κ1) is 19.5. The largest absolute Gasteiger partial charge is 0.287 e. The standard InChI is InChI=1S/C24H30N2OS/c1-4-5-14-26-22(27)20-21(25-23(26)28-16-17(2)3)19-11-7-6-10-18(19)15-24(20)12-8-9-13-24/h6-7,10-11H,2,4-5,8-9,12-16H2,1,3H3. The van der Waals surface area contributed by atoms with Crippen molar-refractivity contribution >= 4 is 11.8 Å². The minimum atomic E-state index is -0.0146. The maximum atomic E-state index is 13.8. The summed E-state index contributed by atoms with van der Waals surface area (Å²) in [5.74, 6) is 0.796. The van der Waals surface area contributed by atoms with Crippen molar-refractivity contribution in [3.05, 3.63) is 57.9 Å². The molecule has 4 rings (SSSR count). The Bertz CT molecular complexity index is 954. The Morgan fingerprint density at radius 3 is 2.75 bits per heavy atom. The molecule has 1 heterocycles. The number of nitrogens with zero attached hydrogens (tertiary/aromatic N) is 2. The number of fused-ring (bicyclic) bond motifs is 4. The summed E-state index contributed by atoms with van der Waals surface area (Å²) in [6, 6.07) is 8.56. The third kappa shape index (κ3) is 3.36. The summed E-state index contributed by atoms with van der Waals surface area (Å²) < 4.78 is 1.96. The van der Waals surface area contributed by atoms with Gasteiger partial charge >= 0.3 is 0 Å². The number of rotatable bonds is 6. The van der Waals surface area contributed by atoms with Gasteiger partial charge < -0.3 is 0 Å². The fourth-order valence-electron chi connectivity index (χ4n) is 4.86. The Balaban J connectivity index is 1.94. The molecule has 3 nitrogen and oxygen atoms in total. The molecule has 148 valence electrons. The second kappa shape index (κ2) is 7.90. The summed E-state index contributed by atoms with van der Waals surface area (Å²) in [4.78, 5) is 19.0. The van der Waals surface area contributed by atoms with Crippen molar-refractivity contribution in [3.63, 3.8) is 0 Å². The van der Waals surface area contributed by atoms with Gasteiger partial charge in [-0.2, -0.15) is 0 Å². The highest BCUT2D eigenvalue weighted by molar-refractivity contribution is 7.99. The first-order valence-corrected chi connectivity index (χ1v) is 11.5. The van der Waals surface area contributed by atoms with Gasteiger partial charge in [0, 0.05) is 23.3 Å². The van der Waals surface area contributed by atoms with Gasteiger partial charge in [-0.15, -0.1) is 0 Å². The van der Waals surface area contributed by atoms with Gasteiger partial charge in [0.25, 0.3) is 5.56 Å². The van der Waals surface area contributed by atoms with E-state index < -0.39 is 0 Å². The molecule has 2 aliphatic rings. The SMILES string of the molecule is C=C(C)CSc1nc2c(c(=O)n1CCCC)C1(CCCC1)Cc1ccccc1-2. The molecule has 4 heteroatoms. The molecular weight excluding hydrogens is 364 g/mol. The maximum absolute atomic E-state index is 13.8. The summed E-state index contributed by atoms with van der Waals surface area (Å²) >= 11 is 1.65. The molecular formula is C24H30N2OS. The first-order chi connectivity index (χ1) is 13.6. The van der Waals surface area contributed by atoms with E-state index in [0.29, 0.717) is 0 Å². The van der Waals surface area contributed by atoms with Crippen LogP contribution in [0.3, 0.4) is 0 Å². The Labute approximate surface area is 172 Å². The number of unbranched alkanes of at least 4 members (excludes halogenated alkanes) is 1. The van der Waals surface area contributed by atoms with Crippen LogP contribution < -0.4 is 5.56 Å². The van der Waals surface area contributed by atoms with Crippen molar-refractivity contribution in [1.82, 2.24) is 9.55 Å². The lowest BCUT2D eigenvalue weighted by molar-refractivity contribution is 0.413. The second-order valence-corrected chi connectivity index (χ2v) is 9.44. The van der Waals surface area contributed by atoms with E-state index in [1.807, 2.05) is 11.5 Å². The van der Waals surface area contributed by atoms with Crippen molar-refractivity contribution in [2.45, 2.75) is 75.9 Å². The van der Waals surface area contributed by atoms with Crippen LogP contribution in [0.2, 0.25) is 0 Å². The van der Waals surface area contributed by atoms with E-state index in [1.165, 1.54) is 18.4 Å². The number of benzene rings is 1. The average Bonchev–Trinajstić information content (AvgIpc) is 3.14. The number of thioether (sulfide) groups is 1. The maximum Gasteiger partial charge on any atom is 0.258 e. The molecule has 0 radical (unpaired) electrons.